The Kier molecular flexibility index (Phi) is 4.18. The van der Waals surface area contributed by atoms with Gasteiger partial charge in [-0.15, -0.1) is 10.2 Å². The maximum atomic E-state index is 12.8. The van der Waals surface area contributed by atoms with Gasteiger partial charge in [0.2, 0.25) is 5.91 Å². The largest absolute Gasteiger partial charge is 0.339 e. The van der Waals surface area contributed by atoms with Crippen LogP contribution in [0.1, 0.15) is 25.1 Å². The van der Waals surface area contributed by atoms with Crippen LogP contribution >= 0.6 is 0 Å². The van der Waals surface area contributed by atoms with Crippen molar-refractivity contribution in [1.29, 1.82) is 0 Å². The Hall–Kier alpha value is -2.02. The fourth-order valence-corrected chi connectivity index (χ4v) is 3.85. The van der Waals surface area contributed by atoms with Gasteiger partial charge in [-0.1, -0.05) is 6.07 Å². The summed E-state index contributed by atoms with van der Waals surface area (Å²) in [5.41, 5.74) is 0.863. The van der Waals surface area contributed by atoms with Gasteiger partial charge in [-0.25, -0.2) is 0 Å². The van der Waals surface area contributed by atoms with Crippen molar-refractivity contribution in [2.75, 3.05) is 26.3 Å². The number of piperidine rings is 1. The van der Waals surface area contributed by atoms with Gasteiger partial charge >= 0.3 is 0 Å². The molecule has 0 spiro atoms. The number of hydrogen-bond donors (Lipinski definition) is 0. The predicted molar refractivity (Wildman–Crippen MR) is 87.1 cm³/mol. The normalized spacial score (nSPS) is 23.5. The van der Waals surface area contributed by atoms with E-state index in [1.807, 2.05) is 33.7 Å². The Morgan fingerprint density at radius 3 is 2.79 bits per heavy atom. The molecule has 4 heterocycles. The van der Waals surface area contributed by atoms with Gasteiger partial charge in [0, 0.05) is 44.2 Å². The number of alkyl halides is 1. The van der Waals surface area contributed by atoms with Crippen molar-refractivity contribution in [2.24, 2.45) is 5.92 Å². The van der Waals surface area contributed by atoms with Gasteiger partial charge in [-0.2, -0.15) is 0 Å². The summed E-state index contributed by atoms with van der Waals surface area (Å²) < 4.78 is 14.8. The van der Waals surface area contributed by atoms with E-state index in [4.69, 9.17) is 0 Å². The molecule has 128 valence electrons. The minimum absolute atomic E-state index is 0.0992. The summed E-state index contributed by atoms with van der Waals surface area (Å²) in [6.45, 7) is 2.82. The maximum absolute atomic E-state index is 12.8. The van der Waals surface area contributed by atoms with Crippen LogP contribution in [0.4, 0.5) is 4.39 Å². The zero-order valence-corrected chi connectivity index (χ0v) is 13.6. The highest BCUT2D eigenvalue weighted by Crippen LogP contribution is 2.26. The Morgan fingerprint density at radius 2 is 2.04 bits per heavy atom. The number of pyridine rings is 1. The SMILES string of the molecule is O=C1CC(CF)CN1C1CCN(Cc2nnc3ccccn23)CC1. The molecule has 2 aromatic heterocycles. The molecule has 0 radical (unpaired) electrons. The van der Waals surface area contributed by atoms with E-state index in [1.165, 1.54) is 0 Å². The summed E-state index contributed by atoms with van der Waals surface area (Å²) in [7, 11) is 0. The van der Waals surface area contributed by atoms with Gasteiger partial charge in [-0.05, 0) is 25.0 Å². The number of rotatable bonds is 4. The van der Waals surface area contributed by atoms with Crippen molar-refractivity contribution in [1.82, 2.24) is 24.4 Å². The van der Waals surface area contributed by atoms with E-state index in [9.17, 15) is 9.18 Å². The molecule has 0 bridgehead atoms. The van der Waals surface area contributed by atoms with Crippen LogP contribution in [-0.4, -0.2) is 62.7 Å². The van der Waals surface area contributed by atoms with E-state index in [0.717, 1.165) is 43.9 Å². The molecule has 2 aromatic rings. The third-order valence-electron chi connectivity index (χ3n) is 5.20. The van der Waals surface area contributed by atoms with E-state index in [-0.39, 0.29) is 24.5 Å². The number of hydrogen-bond acceptors (Lipinski definition) is 4. The van der Waals surface area contributed by atoms with Gasteiger partial charge in [-0.3, -0.25) is 18.5 Å². The van der Waals surface area contributed by atoms with Crippen LogP contribution in [-0.2, 0) is 11.3 Å². The Labute approximate surface area is 140 Å². The second kappa shape index (κ2) is 6.47. The fourth-order valence-electron chi connectivity index (χ4n) is 3.85. The maximum Gasteiger partial charge on any atom is 0.223 e. The molecular weight excluding hydrogens is 309 g/mol. The first-order valence-electron chi connectivity index (χ1n) is 8.61. The first kappa shape index (κ1) is 15.5. The molecule has 2 fully saturated rings. The molecule has 0 aromatic carbocycles. The minimum Gasteiger partial charge on any atom is -0.339 e. The molecule has 24 heavy (non-hydrogen) atoms. The average molecular weight is 331 g/mol. The van der Waals surface area contributed by atoms with Crippen molar-refractivity contribution in [2.45, 2.75) is 31.8 Å². The Bertz CT molecular complexity index is 725. The van der Waals surface area contributed by atoms with Crippen LogP contribution in [0.3, 0.4) is 0 Å². The first-order chi connectivity index (χ1) is 11.7. The molecule has 2 aliphatic heterocycles. The molecule has 1 amide bonds. The topological polar surface area (TPSA) is 53.7 Å². The van der Waals surface area contributed by atoms with E-state index >= 15 is 0 Å². The van der Waals surface area contributed by atoms with Gasteiger partial charge in [0.05, 0.1) is 13.2 Å². The number of amides is 1. The van der Waals surface area contributed by atoms with Gasteiger partial charge in [0.1, 0.15) is 0 Å². The molecule has 0 N–H and O–H groups in total. The number of likely N-dealkylation sites (tertiary alicyclic amines) is 2. The second-order valence-corrected chi connectivity index (χ2v) is 6.82. The molecule has 0 aliphatic carbocycles. The summed E-state index contributed by atoms with van der Waals surface area (Å²) in [6, 6.07) is 6.15. The van der Waals surface area contributed by atoms with Gasteiger partial charge < -0.3 is 4.90 Å². The molecular formula is C17H22FN5O. The molecule has 7 heteroatoms. The number of halogens is 1. The highest BCUT2D eigenvalue weighted by Gasteiger charge is 2.35. The minimum atomic E-state index is -0.388. The predicted octanol–water partition coefficient (Wildman–Crippen LogP) is 1.51. The lowest BCUT2D eigenvalue weighted by Gasteiger charge is -2.36. The Morgan fingerprint density at radius 1 is 1.21 bits per heavy atom. The van der Waals surface area contributed by atoms with E-state index in [2.05, 4.69) is 15.1 Å². The first-order valence-corrected chi connectivity index (χ1v) is 8.61. The van der Waals surface area contributed by atoms with Crippen molar-refractivity contribution in [3.63, 3.8) is 0 Å². The summed E-state index contributed by atoms with van der Waals surface area (Å²) >= 11 is 0. The molecule has 4 rings (SSSR count). The third-order valence-corrected chi connectivity index (χ3v) is 5.20. The van der Waals surface area contributed by atoms with Gasteiger partial charge in [0.25, 0.3) is 0 Å². The monoisotopic (exact) mass is 331 g/mol. The van der Waals surface area contributed by atoms with Crippen molar-refractivity contribution < 1.29 is 9.18 Å². The molecule has 1 unspecified atom stereocenters. The van der Waals surface area contributed by atoms with Crippen LogP contribution in [0.25, 0.3) is 5.65 Å². The average Bonchev–Trinajstić information content (AvgIpc) is 3.19. The van der Waals surface area contributed by atoms with Crippen LogP contribution in [0.15, 0.2) is 24.4 Å². The zero-order valence-electron chi connectivity index (χ0n) is 13.6. The number of fused-ring (bicyclic) bond motifs is 1. The zero-order chi connectivity index (χ0) is 16.5. The summed E-state index contributed by atoms with van der Waals surface area (Å²) in [5.74, 6) is 0.969. The van der Waals surface area contributed by atoms with Gasteiger partial charge in [0.15, 0.2) is 11.5 Å². The number of carbonyl (C=O) groups excluding carboxylic acids is 1. The quantitative estimate of drug-likeness (QED) is 0.852. The second-order valence-electron chi connectivity index (χ2n) is 6.82. The molecule has 2 saturated heterocycles. The lowest BCUT2D eigenvalue weighted by molar-refractivity contribution is -0.130. The number of nitrogens with zero attached hydrogens (tertiary/aromatic N) is 5. The summed E-state index contributed by atoms with van der Waals surface area (Å²) in [6.07, 6.45) is 4.25. The fraction of sp³-hybridized carbons (Fsp3) is 0.588. The van der Waals surface area contributed by atoms with Crippen LogP contribution in [0.5, 0.6) is 0 Å². The van der Waals surface area contributed by atoms with E-state index < -0.39 is 0 Å². The Balaban J connectivity index is 1.36. The van der Waals surface area contributed by atoms with Crippen molar-refractivity contribution in [3.8, 4) is 0 Å². The number of carbonyl (C=O) groups is 1. The molecule has 6 nitrogen and oxygen atoms in total. The molecule has 1 atom stereocenters. The van der Waals surface area contributed by atoms with Crippen LogP contribution in [0.2, 0.25) is 0 Å². The lowest BCUT2D eigenvalue weighted by Crippen LogP contribution is -2.45. The number of aromatic nitrogens is 3. The van der Waals surface area contributed by atoms with Crippen molar-refractivity contribution >= 4 is 11.6 Å². The van der Waals surface area contributed by atoms with Crippen LogP contribution in [0, 0.1) is 5.92 Å². The third kappa shape index (κ3) is 2.88. The molecule has 2 aliphatic rings. The summed E-state index contributed by atoms with van der Waals surface area (Å²) in [5, 5.41) is 8.47. The highest BCUT2D eigenvalue weighted by molar-refractivity contribution is 5.79. The van der Waals surface area contributed by atoms with E-state index in [1.54, 1.807) is 0 Å². The molecule has 0 saturated carbocycles. The highest BCUT2D eigenvalue weighted by atomic mass is 19.1. The van der Waals surface area contributed by atoms with Crippen LogP contribution < -0.4 is 0 Å². The smallest absolute Gasteiger partial charge is 0.223 e. The summed E-state index contributed by atoms with van der Waals surface area (Å²) in [4.78, 5) is 16.3. The van der Waals surface area contributed by atoms with E-state index in [0.29, 0.717) is 13.0 Å². The van der Waals surface area contributed by atoms with Crippen molar-refractivity contribution in [3.05, 3.63) is 30.2 Å². The standard InChI is InChI=1S/C17H22FN5O/c18-10-13-9-17(24)23(11-13)14-4-7-21(8-5-14)12-16-20-19-15-3-1-2-6-22(15)16/h1-3,6,13-14H,4-5,7-12H2. The lowest BCUT2D eigenvalue weighted by atomic mass is 10.0.